The number of fused-ring (bicyclic) bond motifs is 1. The van der Waals surface area contributed by atoms with Gasteiger partial charge in [-0.05, 0) is 50.3 Å². The van der Waals surface area contributed by atoms with Crippen LogP contribution in [-0.2, 0) is 9.53 Å². The Morgan fingerprint density at radius 1 is 1.41 bits per heavy atom. The minimum absolute atomic E-state index is 0.0136. The molecule has 1 saturated carbocycles. The Kier molecular flexibility index (Phi) is 5.48. The number of halogens is 1. The average Bonchev–Trinajstić information content (AvgIpc) is 3.11. The molecule has 6 nitrogen and oxygen atoms in total. The molecular formula is C20H26FN3O3. The van der Waals surface area contributed by atoms with E-state index in [-0.39, 0.29) is 36.3 Å². The van der Waals surface area contributed by atoms with Crippen LogP contribution in [-0.4, -0.2) is 53.3 Å². The van der Waals surface area contributed by atoms with Crippen molar-refractivity contribution in [3.8, 4) is 0 Å². The number of alkyl halides is 1. The number of rotatable bonds is 5. The summed E-state index contributed by atoms with van der Waals surface area (Å²) in [4.78, 5) is 29.5. The number of carbonyl (C=O) groups excluding carboxylic acids is 2. The minimum Gasteiger partial charge on any atom is -0.444 e. The first kappa shape index (κ1) is 19.3. The van der Waals surface area contributed by atoms with Gasteiger partial charge < -0.3 is 15.0 Å². The van der Waals surface area contributed by atoms with Crippen molar-refractivity contribution in [2.45, 2.75) is 32.5 Å². The van der Waals surface area contributed by atoms with Crippen LogP contribution in [0.2, 0.25) is 0 Å². The fraction of sp³-hybridized carbons (Fsp3) is 0.550. The number of likely N-dealkylation sites (tertiary alicyclic amines) is 1. The van der Waals surface area contributed by atoms with Gasteiger partial charge in [-0.15, -0.1) is 0 Å². The lowest BCUT2D eigenvalue weighted by molar-refractivity contribution is -0.116. The van der Waals surface area contributed by atoms with Gasteiger partial charge in [-0.3, -0.25) is 9.78 Å². The maximum Gasteiger partial charge on any atom is 0.410 e. The van der Waals surface area contributed by atoms with Crippen molar-refractivity contribution >= 4 is 18.1 Å². The van der Waals surface area contributed by atoms with Gasteiger partial charge in [0.05, 0.1) is 0 Å². The first-order valence-electron chi connectivity index (χ1n) is 9.22. The Balaban J connectivity index is 1.39. The molecule has 0 bridgehead atoms. The summed E-state index contributed by atoms with van der Waals surface area (Å²) in [7, 11) is 0. The number of aromatic nitrogens is 1. The third-order valence-corrected chi connectivity index (χ3v) is 4.91. The first-order valence-corrected chi connectivity index (χ1v) is 9.22. The van der Waals surface area contributed by atoms with Gasteiger partial charge in [0.2, 0.25) is 5.91 Å². The van der Waals surface area contributed by atoms with Crippen molar-refractivity contribution in [2.24, 2.45) is 17.8 Å². The number of piperidine rings is 1. The second-order valence-electron chi connectivity index (χ2n) is 8.17. The van der Waals surface area contributed by atoms with E-state index in [9.17, 15) is 14.0 Å². The molecule has 1 aliphatic carbocycles. The van der Waals surface area contributed by atoms with Crippen LogP contribution in [0.5, 0.6) is 0 Å². The fourth-order valence-corrected chi connectivity index (χ4v) is 3.62. The zero-order valence-electron chi connectivity index (χ0n) is 15.9. The normalized spacial score (nSPS) is 25.2. The first-order chi connectivity index (χ1) is 12.7. The molecule has 0 radical (unpaired) electrons. The topological polar surface area (TPSA) is 71.5 Å². The highest BCUT2D eigenvalue weighted by molar-refractivity contribution is 5.91. The van der Waals surface area contributed by atoms with E-state index in [0.717, 1.165) is 5.56 Å². The molecule has 2 aliphatic rings. The van der Waals surface area contributed by atoms with Crippen molar-refractivity contribution < 1.29 is 18.7 Å². The summed E-state index contributed by atoms with van der Waals surface area (Å²) in [6, 6.07) is 3.61. The third-order valence-electron chi connectivity index (χ3n) is 4.91. The zero-order valence-corrected chi connectivity index (χ0v) is 15.9. The van der Waals surface area contributed by atoms with Crippen molar-refractivity contribution in [2.75, 3.05) is 19.6 Å². The van der Waals surface area contributed by atoms with E-state index in [4.69, 9.17) is 4.74 Å². The maximum atomic E-state index is 14.4. The molecule has 1 aromatic rings. The molecule has 27 heavy (non-hydrogen) atoms. The van der Waals surface area contributed by atoms with E-state index in [1.54, 1.807) is 29.4 Å². The van der Waals surface area contributed by atoms with Crippen LogP contribution in [0.25, 0.3) is 6.08 Å². The van der Waals surface area contributed by atoms with Gasteiger partial charge in [0.15, 0.2) is 0 Å². The Hall–Kier alpha value is -2.44. The molecule has 1 aliphatic heterocycles. The highest BCUT2D eigenvalue weighted by atomic mass is 19.1. The second-order valence-corrected chi connectivity index (χ2v) is 8.17. The molecule has 1 N–H and O–H groups in total. The predicted octanol–water partition coefficient (Wildman–Crippen LogP) is 2.66. The summed E-state index contributed by atoms with van der Waals surface area (Å²) in [5.74, 6) is -0.0975. The fourth-order valence-electron chi connectivity index (χ4n) is 3.62. The van der Waals surface area contributed by atoms with Gasteiger partial charge in [0, 0.05) is 44.0 Å². The zero-order chi connectivity index (χ0) is 19.6. The number of nitrogens with zero attached hydrogens (tertiary/aromatic N) is 2. The highest BCUT2D eigenvalue weighted by Gasteiger charge is 2.60. The summed E-state index contributed by atoms with van der Waals surface area (Å²) >= 11 is 0. The molecule has 2 heterocycles. The van der Waals surface area contributed by atoms with Gasteiger partial charge in [0.25, 0.3) is 0 Å². The number of hydrogen-bond acceptors (Lipinski definition) is 4. The van der Waals surface area contributed by atoms with E-state index in [1.807, 2.05) is 26.8 Å². The number of nitrogens with one attached hydrogen (secondary N) is 1. The van der Waals surface area contributed by atoms with E-state index in [0.29, 0.717) is 13.1 Å². The van der Waals surface area contributed by atoms with Gasteiger partial charge in [-0.1, -0.05) is 6.07 Å². The summed E-state index contributed by atoms with van der Waals surface area (Å²) in [6.45, 7) is 6.52. The molecule has 146 valence electrons. The minimum atomic E-state index is -1.10. The summed E-state index contributed by atoms with van der Waals surface area (Å²) in [5, 5.41) is 2.60. The molecule has 7 heteroatoms. The average molecular weight is 375 g/mol. The summed E-state index contributed by atoms with van der Waals surface area (Å²) < 4.78 is 19.8. The molecule has 1 unspecified atom stereocenters. The van der Waals surface area contributed by atoms with Crippen molar-refractivity contribution in [1.82, 2.24) is 15.2 Å². The van der Waals surface area contributed by atoms with E-state index >= 15 is 0 Å². The summed E-state index contributed by atoms with van der Waals surface area (Å²) in [6.07, 6.45) is 4.88. The van der Waals surface area contributed by atoms with Gasteiger partial charge in [-0.25, -0.2) is 9.18 Å². The lowest BCUT2D eigenvalue weighted by atomic mass is 10.1. The van der Waals surface area contributed by atoms with Crippen molar-refractivity contribution in [3.63, 3.8) is 0 Å². The number of hydrogen-bond donors (Lipinski definition) is 1. The number of carbonyl (C=O) groups is 2. The standard InChI is InChI=1S/C20H26FN3O3/c1-20(2,3)27-19(26)24-11-14-15(12-24)18(14)16(21)10-23-17(25)7-6-13-5-4-8-22-9-13/h4-9,14-16,18H,10-12H2,1-3H3,(H,23,25)/b7-6+/t14-,15+,16?,18+. The van der Waals surface area contributed by atoms with Gasteiger partial charge >= 0.3 is 6.09 Å². The molecule has 3 rings (SSSR count). The molecule has 0 aromatic carbocycles. The molecule has 0 spiro atoms. The predicted molar refractivity (Wildman–Crippen MR) is 99.5 cm³/mol. The van der Waals surface area contributed by atoms with Crippen LogP contribution in [0.3, 0.4) is 0 Å². The second kappa shape index (κ2) is 7.66. The van der Waals surface area contributed by atoms with E-state index in [1.165, 1.54) is 6.08 Å². The summed E-state index contributed by atoms with van der Waals surface area (Å²) in [5.41, 5.74) is 0.280. The van der Waals surface area contributed by atoms with Gasteiger partial charge in [0.1, 0.15) is 11.8 Å². The highest BCUT2D eigenvalue weighted by Crippen LogP contribution is 2.54. The maximum absolute atomic E-state index is 14.4. The van der Waals surface area contributed by atoms with Crippen LogP contribution in [0.15, 0.2) is 30.6 Å². The van der Waals surface area contributed by atoms with Gasteiger partial charge in [-0.2, -0.15) is 0 Å². The van der Waals surface area contributed by atoms with Crippen LogP contribution < -0.4 is 5.32 Å². The Morgan fingerprint density at radius 2 is 2.11 bits per heavy atom. The Bertz CT molecular complexity index is 705. The lowest BCUT2D eigenvalue weighted by Gasteiger charge is -2.26. The number of amides is 2. The smallest absolute Gasteiger partial charge is 0.410 e. The monoisotopic (exact) mass is 375 g/mol. The largest absolute Gasteiger partial charge is 0.444 e. The van der Waals surface area contributed by atoms with E-state index < -0.39 is 11.8 Å². The Morgan fingerprint density at radius 3 is 2.70 bits per heavy atom. The molecule has 2 fully saturated rings. The Labute approximate surface area is 158 Å². The molecule has 1 aromatic heterocycles. The van der Waals surface area contributed by atoms with E-state index in [2.05, 4.69) is 10.3 Å². The van der Waals surface area contributed by atoms with Crippen LogP contribution in [0.4, 0.5) is 9.18 Å². The number of ether oxygens (including phenoxy) is 1. The number of pyridine rings is 1. The van der Waals surface area contributed by atoms with Crippen LogP contribution in [0, 0.1) is 17.8 Å². The molecular weight excluding hydrogens is 349 g/mol. The SMILES string of the molecule is CC(C)(C)OC(=O)N1C[C@@H]2[C@H](C1)[C@H]2C(F)CNC(=O)/C=C/c1cccnc1. The third kappa shape index (κ3) is 5.05. The lowest BCUT2D eigenvalue weighted by Crippen LogP contribution is -2.38. The van der Waals surface area contributed by atoms with Crippen molar-refractivity contribution in [3.05, 3.63) is 36.2 Å². The van der Waals surface area contributed by atoms with Crippen LogP contribution in [0.1, 0.15) is 26.3 Å². The molecule has 2 amide bonds. The molecule has 1 saturated heterocycles. The quantitative estimate of drug-likeness (QED) is 0.803. The van der Waals surface area contributed by atoms with Crippen molar-refractivity contribution in [1.29, 1.82) is 0 Å². The molecule has 4 atom stereocenters. The van der Waals surface area contributed by atoms with Crippen LogP contribution >= 0.6 is 0 Å².